The minimum atomic E-state index is -0.240. The molecule has 19 heavy (non-hydrogen) atoms. The average molecular weight is 320 g/mol. The van der Waals surface area contributed by atoms with Gasteiger partial charge in [-0.3, -0.25) is 4.79 Å². The maximum Gasteiger partial charge on any atom is 0.287 e. The Morgan fingerprint density at radius 1 is 1.37 bits per heavy atom. The molecule has 0 atom stereocenters. The van der Waals surface area contributed by atoms with Gasteiger partial charge in [0.15, 0.2) is 10.4 Å². The van der Waals surface area contributed by atoms with Crippen LogP contribution in [0.2, 0.25) is 0 Å². The number of aromatic nitrogens is 2. The lowest BCUT2D eigenvalue weighted by Crippen LogP contribution is -2.22. The van der Waals surface area contributed by atoms with E-state index in [9.17, 15) is 4.79 Å². The number of furan rings is 1. The molecule has 2 heterocycles. The van der Waals surface area contributed by atoms with Gasteiger partial charge in [0.2, 0.25) is 0 Å². The van der Waals surface area contributed by atoms with Crippen molar-refractivity contribution in [1.82, 2.24) is 15.3 Å². The molecule has 3 rings (SSSR count). The van der Waals surface area contributed by atoms with E-state index in [-0.39, 0.29) is 11.7 Å². The van der Waals surface area contributed by atoms with E-state index in [4.69, 9.17) is 4.42 Å². The van der Waals surface area contributed by atoms with Crippen LogP contribution in [0, 0.1) is 0 Å². The van der Waals surface area contributed by atoms with Gasteiger partial charge in [0, 0.05) is 6.54 Å². The van der Waals surface area contributed by atoms with Crippen LogP contribution in [-0.2, 0) is 6.54 Å². The minimum absolute atomic E-state index is 0.240. The lowest BCUT2D eigenvalue weighted by molar-refractivity contribution is 0.0922. The molecule has 6 heteroatoms. The van der Waals surface area contributed by atoms with Crippen molar-refractivity contribution in [2.24, 2.45) is 0 Å². The molecule has 0 saturated heterocycles. The fourth-order valence-corrected chi connectivity index (χ4v) is 2.11. The van der Waals surface area contributed by atoms with Crippen LogP contribution in [0.1, 0.15) is 16.1 Å². The number of hydrogen-bond acceptors (Lipinski definition) is 3. The highest BCUT2D eigenvalue weighted by Crippen LogP contribution is 2.14. The Morgan fingerprint density at radius 2 is 2.26 bits per heavy atom. The van der Waals surface area contributed by atoms with Crippen molar-refractivity contribution in [2.45, 2.75) is 6.54 Å². The number of amides is 1. The van der Waals surface area contributed by atoms with E-state index >= 15 is 0 Å². The Balaban J connectivity index is 1.70. The number of nitrogens with zero attached hydrogens (tertiary/aromatic N) is 1. The molecule has 0 fully saturated rings. The van der Waals surface area contributed by atoms with Crippen LogP contribution in [0.5, 0.6) is 0 Å². The van der Waals surface area contributed by atoms with Crippen molar-refractivity contribution < 1.29 is 9.21 Å². The van der Waals surface area contributed by atoms with Crippen molar-refractivity contribution in [3.05, 3.63) is 52.7 Å². The number of nitrogens with one attached hydrogen (secondary N) is 2. The number of H-pyrrole nitrogens is 1. The largest absolute Gasteiger partial charge is 0.444 e. The molecule has 1 amide bonds. The number of fused-ring (bicyclic) bond motifs is 1. The maximum atomic E-state index is 11.8. The van der Waals surface area contributed by atoms with Crippen LogP contribution >= 0.6 is 15.9 Å². The number of aromatic amines is 1. The summed E-state index contributed by atoms with van der Waals surface area (Å²) in [6, 6.07) is 9.11. The van der Waals surface area contributed by atoms with Gasteiger partial charge in [-0.05, 0) is 45.8 Å². The van der Waals surface area contributed by atoms with Crippen molar-refractivity contribution >= 4 is 32.9 Å². The summed E-state index contributed by atoms with van der Waals surface area (Å²) in [5, 5.41) is 2.80. The fraction of sp³-hybridized carbons (Fsp3) is 0.0769. The highest BCUT2D eigenvalue weighted by atomic mass is 79.9. The number of hydrogen-bond donors (Lipinski definition) is 2. The van der Waals surface area contributed by atoms with Crippen LogP contribution in [0.15, 0.2) is 45.7 Å². The highest BCUT2D eigenvalue weighted by Gasteiger charge is 2.09. The second-order valence-corrected chi connectivity index (χ2v) is 4.82. The molecule has 2 N–H and O–H groups in total. The standard InChI is InChI=1S/C13H10BrN3O2/c14-12-4-3-11(19-12)13(18)15-6-8-1-2-9-10(5-8)17-7-16-9/h1-5,7H,6H2,(H,15,18)(H,16,17). The third kappa shape index (κ3) is 2.53. The summed E-state index contributed by atoms with van der Waals surface area (Å²) >= 11 is 3.16. The number of carbonyl (C=O) groups is 1. The molecule has 1 aromatic carbocycles. The number of carbonyl (C=O) groups excluding carboxylic acids is 1. The molecule has 0 spiro atoms. The normalized spacial score (nSPS) is 10.8. The molecule has 0 bridgehead atoms. The van der Waals surface area contributed by atoms with Gasteiger partial charge in [-0.1, -0.05) is 6.07 Å². The Hall–Kier alpha value is -2.08. The monoisotopic (exact) mass is 319 g/mol. The number of halogens is 1. The van der Waals surface area contributed by atoms with Gasteiger partial charge in [0.05, 0.1) is 17.4 Å². The summed E-state index contributed by atoms with van der Waals surface area (Å²) in [4.78, 5) is 19.0. The molecule has 0 aliphatic rings. The van der Waals surface area contributed by atoms with Crippen molar-refractivity contribution in [3.8, 4) is 0 Å². The smallest absolute Gasteiger partial charge is 0.287 e. The Bertz CT molecular complexity index is 732. The van der Waals surface area contributed by atoms with Gasteiger partial charge >= 0.3 is 0 Å². The maximum absolute atomic E-state index is 11.8. The summed E-state index contributed by atoms with van der Waals surface area (Å²) < 4.78 is 5.72. The first kappa shape index (κ1) is 12.0. The van der Waals surface area contributed by atoms with E-state index in [1.54, 1.807) is 18.5 Å². The summed E-state index contributed by atoms with van der Waals surface area (Å²) in [5.74, 6) is 0.0462. The van der Waals surface area contributed by atoms with Crippen LogP contribution in [0.25, 0.3) is 11.0 Å². The average Bonchev–Trinajstić information content (AvgIpc) is 3.03. The molecule has 96 valence electrons. The number of imidazole rings is 1. The first-order valence-corrected chi connectivity index (χ1v) is 6.47. The SMILES string of the molecule is O=C(NCc1ccc2nc[nH]c2c1)c1ccc(Br)o1. The van der Waals surface area contributed by atoms with E-state index in [0.717, 1.165) is 16.6 Å². The van der Waals surface area contributed by atoms with Gasteiger partial charge in [-0.25, -0.2) is 4.98 Å². The second kappa shape index (κ2) is 4.89. The van der Waals surface area contributed by atoms with Crippen LogP contribution < -0.4 is 5.32 Å². The van der Waals surface area contributed by atoms with Crippen LogP contribution in [0.3, 0.4) is 0 Å². The van der Waals surface area contributed by atoms with E-state index in [1.807, 2.05) is 18.2 Å². The second-order valence-electron chi connectivity index (χ2n) is 4.04. The predicted octanol–water partition coefficient (Wildman–Crippen LogP) is 2.85. The molecule has 3 aromatic rings. The zero-order chi connectivity index (χ0) is 13.2. The van der Waals surface area contributed by atoms with Gasteiger partial charge in [-0.2, -0.15) is 0 Å². The molecule has 0 unspecified atom stereocenters. The molecular weight excluding hydrogens is 310 g/mol. The van der Waals surface area contributed by atoms with Crippen LogP contribution in [0.4, 0.5) is 0 Å². The van der Waals surface area contributed by atoms with Gasteiger partial charge < -0.3 is 14.7 Å². The predicted molar refractivity (Wildman–Crippen MR) is 73.7 cm³/mol. The third-order valence-electron chi connectivity index (χ3n) is 2.73. The zero-order valence-electron chi connectivity index (χ0n) is 9.81. The first-order valence-electron chi connectivity index (χ1n) is 5.68. The van der Waals surface area contributed by atoms with Gasteiger partial charge in [0.1, 0.15) is 0 Å². The first-order chi connectivity index (χ1) is 9.22. The third-order valence-corrected chi connectivity index (χ3v) is 3.16. The van der Waals surface area contributed by atoms with Crippen molar-refractivity contribution in [3.63, 3.8) is 0 Å². The Morgan fingerprint density at radius 3 is 3.05 bits per heavy atom. The fourth-order valence-electron chi connectivity index (χ4n) is 1.80. The summed E-state index contributed by atoms with van der Waals surface area (Å²) in [6.45, 7) is 0.437. The topological polar surface area (TPSA) is 70.9 Å². The molecule has 0 aliphatic carbocycles. The van der Waals surface area contributed by atoms with Crippen molar-refractivity contribution in [2.75, 3.05) is 0 Å². The molecule has 2 aromatic heterocycles. The highest BCUT2D eigenvalue weighted by molar-refractivity contribution is 9.10. The molecule has 0 aliphatic heterocycles. The molecule has 0 saturated carbocycles. The van der Waals surface area contributed by atoms with E-state index in [2.05, 4.69) is 31.2 Å². The summed E-state index contributed by atoms with van der Waals surface area (Å²) in [6.07, 6.45) is 1.65. The number of benzene rings is 1. The lowest BCUT2D eigenvalue weighted by atomic mass is 10.2. The van der Waals surface area contributed by atoms with E-state index < -0.39 is 0 Å². The summed E-state index contributed by atoms with van der Waals surface area (Å²) in [7, 11) is 0. The van der Waals surface area contributed by atoms with E-state index in [0.29, 0.717) is 11.2 Å². The van der Waals surface area contributed by atoms with Crippen LogP contribution in [-0.4, -0.2) is 15.9 Å². The zero-order valence-corrected chi connectivity index (χ0v) is 11.4. The Labute approximate surface area is 117 Å². The minimum Gasteiger partial charge on any atom is -0.444 e. The van der Waals surface area contributed by atoms with Crippen molar-refractivity contribution in [1.29, 1.82) is 0 Å². The molecular formula is C13H10BrN3O2. The molecule has 5 nitrogen and oxygen atoms in total. The van der Waals surface area contributed by atoms with E-state index in [1.165, 1.54) is 0 Å². The summed E-state index contributed by atoms with van der Waals surface area (Å²) in [5.41, 5.74) is 2.85. The Kier molecular flexibility index (Phi) is 3.08. The number of rotatable bonds is 3. The van der Waals surface area contributed by atoms with Gasteiger partial charge in [-0.15, -0.1) is 0 Å². The lowest BCUT2D eigenvalue weighted by Gasteiger charge is -2.03. The quantitative estimate of drug-likeness (QED) is 0.779. The molecule has 0 radical (unpaired) electrons. The van der Waals surface area contributed by atoms with Gasteiger partial charge in [0.25, 0.3) is 5.91 Å².